The van der Waals surface area contributed by atoms with Crippen molar-refractivity contribution >= 4 is 0 Å². The lowest BCUT2D eigenvalue weighted by Gasteiger charge is -2.05. The monoisotopic (exact) mass is 214 g/mol. The van der Waals surface area contributed by atoms with Gasteiger partial charge < -0.3 is 4.57 Å². The summed E-state index contributed by atoms with van der Waals surface area (Å²) >= 11 is 0. The summed E-state index contributed by atoms with van der Waals surface area (Å²) in [5.41, 5.74) is 2.68. The highest BCUT2D eigenvalue weighted by molar-refractivity contribution is 5.64. The van der Waals surface area contributed by atoms with Gasteiger partial charge in [0, 0.05) is 18.3 Å². The summed E-state index contributed by atoms with van der Waals surface area (Å²) in [7, 11) is 1.83. The van der Waals surface area contributed by atoms with Crippen LogP contribution >= 0.6 is 0 Å². The second kappa shape index (κ2) is 3.82. The summed E-state index contributed by atoms with van der Waals surface area (Å²) in [6.45, 7) is 1.85. The zero-order chi connectivity index (χ0) is 11.7. The number of halogens is 1. The van der Waals surface area contributed by atoms with Crippen LogP contribution < -0.4 is 0 Å². The molecule has 2 nitrogen and oxygen atoms in total. The number of rotatable bonds is 1. The minimum Gasteiger partial charge on any atom is -0.347 e. The van der Waals surface area contributed by atoms with E-state index in [1.165, 1.54) is 6.07 Å². The van der Waals surface area contributed by atoms with Gasteiger partial charge in [-0.05, 0) is 25.1 Å². The van der Waals surface area contributed by atoms with Crippen LogP contribution in [0.2, 0.25) is 0 Å². The normalized spacial score (nSPS) is 10.1. The van der Waals surface area contributed by atoms with Crippen molar-refractivity contribution in [1.29, 1.82) is 5.26 Å². The van der Waals surface area contributed by atoms with Crippen LogP contribution in [0.5, 0.6) is 0 Å². The van der Waals surface area contributed by atoms with E-state index < -0.39 is 0 Å². The number of aromatic nitrogens is 1. The van der Waals surface area contributed by atoms with Crippen molar-refractivity contribution in [2.45, 2.75) is 6.92 Å². The van der Waals surface area contributed by atoms with Gasteiger partial charge in [-0.2, -0.15) is 5.26 Å². The van der Waals surface area contributed by atoms with E-state index in [1.807, 2.05) is 18.5 Å². The fourth-order valence-corrected chi connectivity index (χ4v) is 1.74. The predicted octanol–water partition coefficient (Wildman–Crippen LogP) is 3.01. The molecule has 0 unspecified atom stereocenters. The lowest BCUT2D eigenvalue weighted by atomic mass is 10.1. The molecule has 16 heavy (non-hydrogen) atoms. The molecule has 1 aromatic carbocycles. The molecule has 0 aliphatic heterocycles. The van der Waals surface area contributed by atoms with Gasteiger partial charge in [0.2, 0.25) is 0 Å². The lowest BCUT2D eigenvalue weighted by Crippen LogP contribution is -1.95. The summed E-state index contributed by atoms with van der Waals surface area (Å²) in [6, 6.07) is 10.4. The fourth-order valence-electron chi connectivity index (χ4n) is 1.74. The molecule has 2 rings (SSSR count). The number of hydrogen-bond donors (Lipinski definition) is 0. The summed E-state index contributed by atoms with van der Waals surface area (Å²) in [6.07, 6.45) is 0. The predicted molar refractivity (Wildman–Crippen MR) is 60.3 cm³/mol. The topological polar surface area (TPSA) is 28.7 Å². The van der Waals surface area contributed by atoms with Crippen LogP contribution in [-0.4, -0.2) is 4.57 Å². The molecule has 0 spiro atoms. The first-order valence-electron chi connectivity index (χ1n) is 4.96. The Labute approximate surface area is 93.6 Å². The molecule has 0 fully saturated rings. The van der Waals surface area contributed by atoms with Crippen LogP contribution in [0.4, 0.5) is 4.39 Å². The average molecular weight is 214 g/mol. The molecule has 80 valence electrons. The molecular formula is C13H11FN2. The van der Waals surface area contributed by atoms with Gasteiger partial charge in [0.05, 0.1) is 11.3 Å². The number of nitrogens with zero attached hydrogens (tertiary/aromatic N) is 2. The van der Waals surface area contributed by atoms with Gasteiger partial charge in [-0.15, -0.1) is 0 Å². The van der Waals surface area contributed by atoms with Crippen LogP contribution in [-0.2, 0) is 7.05 Å². The second-order valence-electron chi connectivity index (χ2n) is 3.68. The quantitative estimate of drug-likeness (QED) is 0.717. The van der Waals surface area contributed by atoms with Gasteiger partial charge in [0.1, 0.15) is 11.9 Å². The Hall–Kier alpha value is -2.08. The Bertz CT molecular complexity index is 576. The summed E-state index contributed by atoms with van der Waals surface area (Å²) in [5, 5.41) is 8.92. The zero-order valence-corrected chi connectivity index (χ0v) is 9.16. The van der Waals surface area contributed by atoms with E-state index in [0.717, 1.165) is 11.4 Å². The Kier molecular flexibility index (Phi) is 2.49. The molecule has 0 radical (unpaired) electrons. The highest BCUT2D eigenvalue weighted by Gasteiger charge is 2.12. The first kappa shape index (κ1) is 10.4. The van der Waals surface area contributed by atoms with Crippen molar-refractivity contribution in [3.05, 3.63) is 47.4 Å². The average Bonchev–Trinajstić information content (AvgIpc) is 2.57. The van der Waals surface area contributed by atoms with Crippen LogP contribution in [0.15, 0.2) is 30.3 Å². The van der Waals surface area contributed by atoms with Gasteiger partial charge in [0.25, 0.3) is 0 Å². The molecule has 0 atom stereocenters. The highest BCUT2D eigenvalue weighted by atomic mass is 19.1. The van der Waals surface area contributed by atoms with Gasteiger partial charge in [0.15, 0.2) is 0 Å². The smallest absolute Gasteiger partial charge is 0.132 e. The maximum atomic E-state index is 13.6. The second-order valence-corrected chi connectivity index (χ2v) is 3.68. The van der Waals surface area contributed by atoms with Gasteiger partial charge in [-0.3, -0.25) is 0 Å². The maximum absolute atomic E-state index is 13.6. The molecule has 0 aliphatic carbocycles. The van der Waals surface area contributed by atoms with Crippen molar-refractivity contribution in [3.8, 4) is 17.3 Å². The molecule has 1 heterocycles. The van der Waals surface area contributed by atoms with Crippen LogP contribution in [0.3, 0.4) is 0 Å². The van der Waals surface area contributed by atoms with E-state index in [2.05, 4.69) is 6.07 Å². The molecular weight excluding hydrogens is 203 g/mol. The number of hydrogen-bond acceptors (Lipinski definition) is 1. The molecule has 0 bridgehead atoms. The Balaban J connectivity index is 2.67. The number of benzene rings is 1. The highest BCUT2D eigenvalue weighted by Crippen LogP contribution is 2.26. The molecule has 0 saturated carbocycles. The summed E-state index contributed by atoms with van der Waals surface area (Å²) < 4.78 is 15.4. The molecule has 2 aromatic rings. The Morgan fingerprint density at radius 3 is 2.56 bits per heavy atom. The molecule has 3 heteroatoms. The SMILES string of the molecule is Cc1c(C#N)cc(-c2ccccc2F)n1C. The van der Waals surface area contributed by atoms with E-state index in [9.17, 15) is 4.39 Å². The van der Waals surface area contributed by atoms with Crippen molar-refractivity contribution in [2.24, 2.45) is 7.05 Å². The zero-order valence-electron chi connectivity index (χ0n) is 9.16. The van der Waals surface area contributed by atoms with Gasteiger partial charge >= 0.3 is 0 Å². The van der Waals surface area contributed by atoms with Crippen molar-refractivity contribution in [3.63, 3.8) is 0 Å². The standard InChI is InChI=1S/C13H11FN2/c1-9-10(8-15)7-13(16(9)2)11-5-3-4-6-12(11)14/h3-7H,1-2H3. The maximum Gasteiger partial charge on any atom is 0.132 e. The van der Waals surface area contributed by atoms with E-state index >= 15 is 0 Å². The van der Waals surface area contributed by atoms with Crippen LogP contribution in [0.1, 0.15) is 11.3 Å². The largest absolute Gasteiger partial charge is 0.347 e. The van der Waals surface area contributed by atoms with Crippen molar-refractivity contribution in [1.82, 2.24) is 4.57 Å². The lowest BCUT2D eigenvalue weighted by molar-refractivity contribution is 0.629. The van der Waals surface area contributed by atoms with Crippen molar-refractivity contribution in [2.75, 3.05) is 0 Å². The van der Waals surface area contributed by atoms with Gasteiger partial charge in [-0.25, -0.2) is 4.39 Å². The minimum atomic E-state index is -0.271. The van der Waals surface area contributed by atoms with Crippen LogP contribution in [0.25, 0.3) is 11.3 Å². The van der Waals surface area contributed by atoms with E-state index in [-0.39, 0.29) is 5.82 Å². The molecule has 0 aliphatic rings. The third kappa shape index (κ3) is 1.49. The van der Waals surface area contributed by atoms with Gasteiger partial charge in [-0.1, -0.05) is 12.1 Å². The Morgan fingerprint density at radius 2 is 2.00 bits per heavy atom. The molecule has 0 N–H and O–H groups in total. The first-order chi connectivity index (χ1) is 7.65. The summed E-state index contributed by atoms with van der Waals surface area (Å²) in [4.78, 5) is 0. The Morgan fingerprint density at radius 1 is 1.31 bits per heavy atom. The minimum absolute atomic E-state index is 0.271. The molecule has 0 amide bonds. The summed E-state index contributed by atoms with van der Waals surface area (Å²) in [5.74, 6) is -0.271. The van der Waals surface area contributed by atoms with Crippen LogP contribution in [0, 0.1) is 24.1 Å². The number of nitriles is 1. The van der Waals surface area contributed by atoms with E-state index in [4.69, 9.17) is 5.26 Å². The molecule has 1 aromatic heterocycles. The fraction of sp³-hybridized carbons (Fsp3) is 0.154. The van der Waals surface area contributed by atoms with Crippen molar-refractivity contribution < 1.29 is 4.39 Å². The van der Waals surface area contributed by atoms with E-state index in [1.54, 1.807) is 24.3 Å². The first-order valence-corrected chi connectivity index (χ1v) is 4.96. The third-order valence-corrected chi connectivity index (χ3v) is 2.81. The third-order valence-electron chi connectivity index (χ3n) is 2.81. The molecule has 0 saturated heterocycles. The van der Waals surface area contributed by atoms with E-state index in [0.29, 0.717) is 11.1 Å².